The number of phenols is 1. The van der Waals surface area contributed by atoms with Crippen molar-refractivity contribution < 1.29 is 42.1 Å². The number of pyridine rings is 1. The van der Waals surface area contributed by atoms with Gasteiger partial charge in [-0.1, -0.05) is 6.07 Å². The number of benzene rings is 3. The number of carbonyl (C=O) groups is 1. The molecule has 0 aliphatic carbocycles. The van der Waals surface area contributed by atoms with E-state index < -0.39 is 71.1 Å². The van der Waals surface area contributed by atoms with Crippen LogP contribution >= 0.6 is 0 Å². The Labute approximate surface area is 226 Å². The van der Waals surface area contributed by atoms with E-state index in [1.807, 2.05) is 4.90 Å². The van der Waals surface area contributed by atoms with Crippen LogP contribution in [0.2, 0.25) is 0 Å². The zero-order valence-corrected chi connectivity index (χ0v) is 20.2. The lowest BCUT2D eigenvalue weighted by Crippen LogP contribution is -2.49. The van der Waals surface area contributed by atoms with E-state index >= 15 is 4.39 Å². The first-order valence-corrected chi connectivity index (χ1v) is 11.9. The normalized spacial score (nSPS) is 15.8. The zero-order valence-electron chi connectivity index (χ0n) is 24.2. The number of phenolic OH excluding ortho intramolecular Hbond substituents is 1. The minimum atomic E-state index is -4.83. The summed E-state index contributed by atoms with van der Waals surface area (Å²) in [6.45, 7) is 0.961. The average Bonchev–Trinajstić information content (AvgIpc) is 2.93. The van der Waals surface area contributed by atoms with E-state index in [1.54, 1.807) is 0 Å². The van der Waals surface area contributed by atoms with E-state index in [-0.39, 0.29) is 46.4 Å². The highest BCUT2D eigenvalue weighted by Gasteiger charge is 2.32. The number of aromatic nitrogens is 1. The molecule has 3 aromatic carbocycles. The van der Waals surface area contributed by atoms with Crippen molar-refractivity contribution in [2.24, 2.45) is 5.92 Å². The molecule has 0 atom stereocenters. The zero-order chi connectivity index (χ0) is 31.2. The van der Waals surface area contributed by atoms with E-state index in [4.69, 9.17) is 10.2 Å². The molecule has 0 amide bonds. The number of alkyl halides is 4. The first-order valence-electron chi connectivity index (χ1n) is 13.9. The van der Waals surface area contributed by atoms with Gasteiger partial charge in [-0.05, 0) is 48.4 Å². The predicted octanol–water partition coefficient (Wildman–Crippen LogP) is 6.28. The molecule has 10 heteroatoms. The highest BCUT2D eigenvalue weighted by Crippen LogP contribution is 2.37. The summed E-state index contributed by atoms with van der Waals surface area (Å²) in [6, 6.07) is 2.62. The fourth-order valence-electron chi connectivity index (χ4n) is 4.39. The Kier molecular flexibility index (Phi) is 5.94. The van der Waals surface area contributed by atoms with Crippen molar-refractivity contribution in [1.29, 1.82) is 0 Å². The Morgan fingerprint density at radius 1 is 1.10 bits per heavy atom. The molecule has 1 aliphatic heterocycles. The topological polar surface area (TPSA) is 62.7 Å². The third-order valence-electron chi connectivity index (χ3n) is 6.40. The van der Waals surface area contributed by atoms with Crippen LogP contribution in [0.5, 0.6) is 11.5 Å². The number of carbonyl (C=O) groups excluding carboxylic acids is 1. The minimum Gasteiger partial charge on any atom is -0.508 e. The van der Waals surface area contributed by atoms with Crippen molar-refractivity contribution in [2.45, 2.75) is 6.18 Å². The second kappa shape index (κ2) is 10.6. The van der Waals surface area contributed by atoms with Crippen LogP contribution in [0, 0.1) is 11.7 Å². The molecule has 1 N–H and O–H groups in total. The molecule has 39 heavy (non-hydrogen) atoms. The van der Waals surface area contributed by atoms with Crippen LogP contribution in [0.1, 0.15) is 27.0 Å². The highest BCUT2D eigenvalue weighted by molar-refractivity contribution is 6.19. The van der Waals surface area contributed by atoms with Crippen molar-refractivity contribution in [1.82, 2.24) is 9.88 Å². The maximum Gasteiger partial charge on any atom is 0.416 e. The molecule has 0 saturated carbocycles. The number of likely N-dealkylation sites (tertiary alicyclic amines) is 1. The van der Waals surface area contributed by atoms with Crippen LogP contribution in [0.3, 0.4) is 0 Å². The lowest BCUT2D eigenvalue weighted by molar-refractivity contribution is -0.137. The third-order valence-corrected chi connectivity index (χ3v) is 6.40. The lowest BCUT2D eigenvalue weighted by Gasteiger charge is -2.37. The molecule has 0 unspecified atom stereocenters. The molecular weight excluding hydrogens is 519 g/mol. The van der Waals surface area contributed by atoms with Gasteiger partial charge in [0, 0.05) is 65.5 Å². The van der Waals surface area contributed by atoms with Crippen LogP contribution in [-0.4, -0.2) is 53.7 Å². The largest absolute Gasteiger partial charge is 0.508 e. The summed E-state index contributed by atoms with van der Waals surface area (Å²) in [5.74, 6) is -3.07. The highest BCUT2D eigenvalue weighted by atomic mass is 19.4. The van der Waals surface area contributed by atoms with E-state index in [9.17, 15) is 27.5 Å². The molecule has 5 nitrogen and oxygen atoms in total. The summed E-state index contributed by atoms with van der Waals surface area (Å²) in [4.78, 5) is 20.1. The molecule has 0 spiro atoms. The van der Waals surface area contributed by atoms with Gasteiger partial charge in [0.2, 0.25) is 0 Å². The number of hydrogen-bond acceptors (Lipinski definition) is 5. The number of ketones is 1. The summed E-state index contributed by atoms with van der Waals surface area (Å²) >= 11 is 0. The first kappa shape index (κ1) is 21.8. The summed E-state index contributed by atoms with van der Waals surface area (Å²) < 4.78 is 107. The molecule has 2 heterocycles. The molecule has 5 rings (SSSR count). The fourth-order valence-corrected chi connectivity index (χ4v) is 4.39. The van der Waals surface area contributed by atoms with E-state index in [2.05, 4.69) is 4.98 Å². The van der Waals surface area contributed by atoms with Gasteiger partial charge in [0.05, 0.1) is 23.2 Å². The van der Waals surface area contributed by atoms with Gasteiger partial charge in [0.1, 0.15) is 23.9 Å². The molecule has 1 fully saturated rings. The van der Waals surface area contributed by atoms with Gasteiger partial charge in [-0.3, -0.25) is 19.1 Å². The van der Waals surface area contributed by atoms with E-state index in [0.29, 0.717) is 25.7 Å². The second-order valence-corrected chi connectivity index (χ2v) is 9.10. The summed E-state index contributed by atoms with van der Waals surface area (Å²) in [7, 11) is 0. The Morgan fingerprint density at radius 2 is 1.85 bits per heavy atom. The van der Waals surface area contributed by atoms with E-state index in [1.165, 1.54) is 18.2 Å². The number of aromatic hydroxyl groups is 1. The number of halogens is 5. The van der Waals surface area contributed by atoms with Crippen LogP contribution < -0.4 is 4.74 Å². The molecule has 1 aliphatic rings. The van der Waals surface area contributed by atoms with Crippen molar-refractivity contribution in [3.63, 3.8) is 0 Å². The van der Waals surface area contributed by atoms with Crippen LogP contribution in [-0.2, 0) is 6.18 Å². The number of nitrogens with zero attached hydrogens (tertiary/aromatic N) is 2. The standard InChI is InChI=1S/C29H23F5N2O3/c30-13-17-15-36(16-17)9-10-39-21-5-1-18(2-6-21)28(38)27-23-8-4-20(37)12-26(23)35-14-24(27)22-7-3-19(11-25(22)31)29(32,33)34/h1-8,11-12,14,17,37H,9-10,13,15-16H2/i1D,2D,5D,6D. The second-order valence-electron chi connectivity index (χ2n) is 9.10. The Balaban J connectivity index is 1.59. The minimum absolute atomic E-state index is 0.0151. The molecular formula is C29H23F5N2O3. The molecule has 202 valence electrons. The number of hydrogen-bond donors (Lipinski definition) is 1. The predicted molar refractivity (Wildman–Crippen MR) is 135 cm³/mol. The van der Waals surface area contributed by atoms with Crippen molar-refractivity contribution in [2.75, 3.05) is 32.9 Å². The smallest absolute Gasteiger partial charge is 0.416 e. The van der Waals surface area contributed by atoms with Gasteiger partial charge in [-0.15, -0.1) is 0 Å². The van der Waals surface area contributed by atoms with Gasteiger partial charge < -0.3 is 9.84 Å². The van der Waals surface area contributed by atoms with Gasteiger partial charge in [-0.2, -0.15) is 13.2 Å². The summed E-state index contributed by atoms with van der Waals surface area (Å²) in [5, 5.41) is 9.95. The third kappa shape index (κ3) is 5.56. The quantitative estimate of drug-likeness (QED) is 0.208. The summed E-state index contributed by atoms with van der Waals surface area (Å²) in [6.07, 6.45) is -3.81. The summed E-state index contributed by atoms with van der Waals surface area (Å²) in [5.41, 5.74) is -2.91. The molecule has 0 radical (unpaired) electrons. The monoisotopic (exact) mass is 546 g/mol. The lowest BCUT2D eigenvalue weighted by atomic mass is 9.91. The maximum atomic E-state index is 15.1. The average molecular weight is 547 g/mol. The Morgan fingerprint density at radius 3 is 2.51 bits per heavy atom. The van der Waals surface area contributed by atoms with Crippen LogP contribution in [0.15, 0.2) is 66.8 Å². The van der Waals surface area contributed by atoms with Gasteiger partial charge in [-0.25, -0.2) is 4.39 Å². The van der Waals surface area contributed by atoms with Crippen LogP contribution in [0.25, 0.3) is 22.0 Å². The Bertz CT molecular complexity index is 1720. The van der Waals surface area contributed by atoms with Gasteiger partial charge in [0.15, 0.2) is 5.78 Å². The van der Waals surface area contributed by atoms with Crippen molar-refractivity contribution in [3.8, 4) is 22.6 Å². The van der Waals surface area contributed by atoms with Crippen LogP contribution in [0.4, 0.5) is 22.0 Å². The van der Waals surface area contributed by atoms with Gasteiger partial charge in [0.25, 0.3) is 0 Å². The maximum absolute atomic E-state index is 15.1. The van der Waals surface area contributed by atoms with E-state index in [0.717, 1.165) is 12.3 Å². The Hall–Kier alpha value is -4.05. The fraction of sp³-hybridized carbons (Fsp3) is 0.241. The molecule has 1 aromatic heterocycles. The SMILES string of the molecule is [2H]c1c([2H])c(C(=O)c2c(-c3ccc(C(F)(F)F)cc3F)cnc3cc(O)ccc23)c([2H])c([2H])c1OCCN1CC(CF)C1. The number of rotatable bonds is 8. The molecule has 4 aromatic rings. The number of fused-ring (bicyclic) bond motifs is 1. The number of ether oxygens (including phenoxy) is 1. The van der Waals surface area contributed by atoms with Gasteiger partial charge >= 0.3 is 6.18 Å². The molecule has 1 saturated heterocycles. The van der Waals surface area contributed by atoms with Crippen molar-refractivity contribution >= 4 is 16.7 Å². The first-order chi connectivity index (χ1) is 20.3. The molecule has 0 bridgehead atoms. The van der Waals surface area contributed by atoms with Crippen molar-refractivity contribution in [3.05, 3.63) is 89.3 Å².